The first-order chi connectivity index (χ1) is 17.8. The maximum atomic E-state index is 13.2. The van der Waals surface area contributed by atoms with E-state index >= 15 is 0 Å². The van der Waals surface area contributed by atoms with E-state index in [2.05, 4.69) is 26.0 Å². The Morgan fingerprint density at radius 2 is 1.84 bits per heavy atom. The molecule has 0 aliphatic carbocycles. The van der Waals surface area contributed by atoms with Crippen molar-refractivity contribution < 1.29 is 14.4 Å². The molecule has 0 unspecified atom stereocenters. The molecule has 10 heteroatoms. The van der Waals surface area contributed by atoms with Crippen LogP contribution in [-0.4, -0.2) is 27.4 Å². The summed E-state index contributed by atoms with van der Waals surface area (Å²) in [6.07, 6.45) is 1.58. The number of benzene rings is 3. The lowest BCUT2D eigenvalue weighted by molar-refractivity contribution is -0.384. The molecule has 0 atom stereocenters. The summed E-state index contributed by atoms with van der Waals surface area (Å²) in [5.74, 6) is 1.58. The van der Waals surface area contributed by atoms with Crippen molar-refractivity contribution in [3.8, 4) is 11.5 Å². The maximum absolute atomic E-state index is 13.2. The van der Waals surface area contributed by atoms with Gasteiger partial charge in [0.15, 0.2) is 11.5 Å². The van der Waals surface area contributed by atoms with Gasteiger partial charge in [0.25, 0.3) is 11.2 Å². The van der Waals surface area contributed by atoms with Crippen LogP contribution in [0, 0.1) is 10.1 Å². The quantitative estimate of drug-likeness (QED) is 0.139. The lowest BCUT2D eigenvalue weighted by Crippen LogP contribution is -2.23. The first-order valence-corrected chi connectivity index (χ1v) is 12.5. The van der Waals surface area contributed by atoms with Gasteiger partial charge in [-0.15, -0.1) is 0 Å². The van der Waals surface area contributed by atoms with Gasteiger partial charge in [-0.1, -0.05) is 29.8 Å². The lowest BCUT2D eigenvalue weighted by Gasteiger charge is -2.13. The Bertz CT molecular complexity index is 1530. The number of hydrogen-bond donors (Lipinski definition) is 0. The minimum atomic E-state index is -0.441. The molecule has 37 heavy (non-hydrogen) atoms. The minimum Gasteiger partial charge on any atom is -0.490 e. The van der Waals surface area contributed by atoms with E-state index in [1.807, 2.05) is 39.0 Å². The minimum absolute atomic E-state index is 0.0212. The molecular weight excluding hydrogens is 540 g/mol. The van der Waals surface area contributed by atoms with Crippen LogP contribution in [0.25, 0.3) is 10.9 Å². The summed E-state index contributed by atoms with van der Waals surface area (Å²) in [5, 5.41) is 15.8. The second-order valence-electron chi connectivity index (χ2n) is 8.50. The molecule has 0 saturated heterocycles. The van der Waals surface area contributed by atoms with Crippen molar-refractivity contribution in [1.29, 1.82) is 0 Å². The van der Waals surface area contributed by atoms with Gasteiger partial charge < -0.3 is 9.47 Å². The van der Waals surface area contributed by atoms with Crippen LogP contribution in [0.2, 0.25) is 0 Å². The van der Waals surface area contributed by atoms with Crippen LogP contribution in [0.1, 0.15) is 43.6 Å². The third-order valence-electron chi connectivity index (χ3n) is 5.48. The van der Waals surface area contributed by atoms with Crippen molar-refractivity contribution in [2.24, 2.45) is 5.10 Å². The normalized spacial score (nSPS) is 11.4. The summed E-state index contributed by atoms with van der Waals surface area (Å²) in [4.78, 5) is 28.3. The standard InChI is InChI=1S/C27H25BrN4O5/c1-4-36-25-13-19(7-12-24(25)37-16-18-5-9-21(10-6-18)32(34)35)15-29-31-26(17(2)3)30-23-11-8-20(28)14-22(23)27(31)33/h5-15,17H,4,16H2,1-3H3. The molecular formula is C27H25BrN4O5. The van der Waals surface area contributed by atoms with Crippen LogP contribution >= 0.6 is 15.9 Å². The molecule has 4 rings (SSSR count). The number of nitro benzene ring substituents is 1. The van der Waals surface area contributed by atoms with E-state index in [0.717, 1.165) is 10.0 Å². The Kier molecular flexibility index (Phi) is 7.98. The third kappa shape index (κ3) is 6.03. The third-order valence-corrected chi connectivity index (χ3v) is 5.97. The number of fused-ring (bicyclic) bond motifs is 1. The second kappa shape index (κ2) is 11.3. The summed E-state index contributed by atoms with van der Waals surface area (Å²) >= 11 is 3.41. The maximum Gasteiger partial charge on any atom is 0.282 e. The molecule has 0 aliphatic rings. The molecule has 4 aromatic rings. The molecule has 0 saturated carbocycles. The van der Waals surface area contributed by atoms with Crippen molar-refractivity contribution in [3.05, 3.63) is 103 Å². The van der Waals surface area contributed by atoms with Gasteiger partial charge >= 0.3 is 0 Å². The summed E-state index contributed by atoms with van der Waals surface area (Å²) < 4.78 is 13.8. The molecule has 0 aliphatic heterocycles. The molecule has 0 spiro atoms. The smallest absolute Gasteiger partial charge is 0.282 e. The Morgan fingerprint density at radius 3 is 2.51 bits per heavy atom. The number of rotatable bonds is 9. The largest absolute Gasteiger partial charge is 0.490 e. The van der Waals surface area contributed by atoms with Gasteiger partial charge in [-0.25, -0.2) is 4.98 Å². The van der Waals surface area contributed by atoms with Crippen molar-refractivity contribution in [2.75, 3.05) is 6.61 Å². The van der Waals surface area contributed by atoms with E-state index in [4.69, 9.17) is 9.47 Å². The second-order valence-corrected chi connectivity index (χ2v) is 9.41. The van der Waals surface area contributed by atoms with Crippen molar-refractivity contribution in [3.63, 3.8) is 0 Å². The molecule has 1 heterocycles. The van der Waals surface area contributed by atoms with Crippen LogP contribution in [0.3, 0.4) is 0 Å². The van der Waals surface area contributed by atoms with Crippen LogP contribution in [0.5, 0.6) is 11.5 Å². The van der Waals surface area contributed by atoms with E-state index in [1.54, 1.807) is 36.5 Å². The fourth-order valence-electron chi connectivity index (χ4n) is 3.64. The average Bonchev–Trinajstić information content (AvgIpc) is 2.88. The van der Waals surface area contributed by atoms with Crippen molar-refractivity contribution in [1.82, 2.24) is 9.66 Å². The SMILES string of the molecule is CCOc1cc(C=Nn2c(C(C)C)nc3ccc(Br)cc3c2=O)ccc1OCc1ccc([N+](=O)[O-])cc1. The van der Waals surface area contributed by atoms with Crippen LogP contribution in [0.15, 0.2) is 75.0 Å². The van der Waals surface area contributed by atoms with Gasteiger partial charge in [-0.2, -0.15) is 9.78 Å². The summed E-state index contributed by atoms with van der Waals surface area (Å²) in [6, 6.07) is 16.9. The molecule has 9 nitrogen and oxygen atoms in total. The number of nitro groups is 1. The van der Waals surface area contributed by atoms with Gasteiger partial charge in [0, 0.05) is 22.5 Å². The number of nitrogens with zero attached hydrogens (tertiary/aromatic N) is 4. The van der Waals surface area contributed by atoms with Gasteiger partial charge in [0.05, 0.1) is 28.6 Å². The van der Waals surface area contributed by atoms with E-state index in [0.29, 0.717) is 40.4 Å². The molecule has 3 aromatic carbocycles. The summed E-state index contributed by atoms with van der Waals surface area (Å²) in [5.41, 5.74) is 1.89. The van der Waals surface area contributed by atoms with E-state index < -0.39 is 4.92 Å². The first-order valence-electron chi connectivity index (χ1n) is 11.7. The molecule has 0 N–H and O–H groups in total. The highest BCUT2D eigenvalue weighted by Crippen LogP contribution is 2.29. The lowest BCUT2D eigenvalue weighted by atomic mass is 10.2. The molecule has 0 bridgehead atoms. The Balaban J connectivity index is 1.61. The molecule has 0 amide bonds. The highest BCUT2D eigenvalue weighted by molar-refractivity contribution is 9.10. The van der Waals surface area contributed by atoms with Gasteiger partial charge in [0.2, 0.25) is 0 Å². The highest BCUT2D eigenvalue weighted by atomic mass is 79.9. The average molecular weight is 565 g/mol. The Morgan fingerprint density at radius 1 is 1.08 bits per heavy atom. The zero-order chi connectivity index (χ0) is 26.5. The summed E-state index contributed by atoms with van der Waals surface area (Å²) in [7, 11) is 0. The van der Waals surface area contributed by atoms with Crippen LogP contribution < -0.4 is 15.0 Å². The Labute approximate surface area is 221 Å². The van der Waals surface area contributed by atoms with E-state index in [9.17, 15) is 14.9 Å². The summed E-state index contributed by atoms with van der Waals surface area (Å²) in [6.45, 7) is 6.44. The number of hydrogen-bond acceptors (Lipinski definition) is 7. The predicted molar refractivity (Wildman–Crippen MR) is 146 cm³/mol. The number of halogens is 1. The topological polar surface area (TPSA) is 109 Å². The van der Waals surface area contributed by atoms with Gasteiger partial charge in [-0.3, -0.25) is 14.9 Å². The number of non-ortho nitro benzene ring substituents is 1. The number of aromatic nitrogens is 2. The molecule has 0 fully saturated rings. The monoisotopic (exact) mass is 564 g/mol. The van der Waals surface area contributed by atoms with Gasteiger partial charge in [-0.05, 0) is 66.6 Å². The number of ether oxygens (including phenoxy) is 2. The molecule has 190 valence electrons. The van der Waals surface area contributed by atoms with Crippen LogP contribution in [0.4, 0.5) is 5.69 Å². The fourth-order valence-corrected chi connectivity index (χ4v) is 4.00. The predicted octanol–water partition coefficient (Wildman–Crippen LogP) is 6.05. The van der Waals surface area contributed by atoms with Crippen LogP contribution in [-0.2, 0) is 6.61 Å². The van der Waals surface area contributed by atoms with Crippen molar-refractivity contribution in [2.45, 2.75) is 33.3 Å². The fraction of sp³-hybridized carbons (Fsp3) is 0.222. The van der Waals surface area contributed by atoms with E-state index in [1.165, 1.54) is 16.8 Å². The highest BCUT2D eigenvalue weighted by Gasteiger charge is 2.14. The van der Waals surface area contributed by atoms with E-state index in [-0.39, 0.29) is 23.8 Å². The Hall–Kier alpha value is -4.05. The van der Waals surface area contributed by atoms with Gasteiger partial charge in [0.1, 0.15) is 12.4 Å². The molecule has 1 aromatic heterocycles. The van der Waals surface area contributed by atoms with Crippen molar-refractivity contribution >= 4 is 38.7 Å². The first kappa shape index (κ1) is 26.0. The zero-order valence-corrected chi connectivity index (χ0v) is 22.1. The zero-order valence-electron chi connectivity index (χ0n) is 20.6. The molecule has 0 radical (unpaired) electrons.